The van der Waals surface area contributed by atoms with Crippen molar-refractivity contribution in [2.24, 2.45) is 0 Å². The van der Waals surface area contributed by atoms with Crippen LogP contribution >= 0.6 is 0 Å². The third-order valence-electron chi connectivity index (χ3n) is 4.88. The van der Waals surface area contributed by atoms with Crippen molar-refractivity contribution in [3.8, 4) is 11.5 Å². The SMILES string of the molecule is C[C@H](C(=O)NC1CC1)N1CCN(c2noc(-c3ccccc3)n2)CC1. The Kier molecular flexibility index (Phi) is 4.40. The maximum atomic E-state index is 12.2. The lowest BCUT2D eigenvalue weighted by molar-refractivity contribution is -0.126. The fourth-order valence-electron chi connectivity index (χ4n) is 3.07. The zero-order chi connectivity index (χ0) is 17.2. The lowest BCUT2D eigenvalue weighted by atomic mass is 10.2. The molecule has 0 bridgehead atoms. The monoisotopic (exact) mass is 341 g/mol. The van der Waals surface area contributed by atoms with Crippen molar-refractivity contribution in [3.63, 3.8) is 0 Å². The number of aromatic nitrogens is 2. The van der Waals surface area contributed by atoms with Gasteiger partial charge < -0.3 is 14.7 Å². The number of piperazine rings is 1. The van der Waals surface area contributed by atoms with E-state index in [9.17, 15) is 4.79 Å². The lowest BCUT2D eigenvalue weighted by Crippen LogP contribution is -2.54. The molecule has 1 aliphatic heterocycles. The quantitative estimate of drug-likeness (QED) is 0.889. The molecule has 1 N–H and O–H groups in total. The second-order valence-electron chi connectivity index (χ2n) is 6.75. The van der Waals surface area contributed by atoms with Crippen LogP contribution in [0.1, 0.15) is 19.8 Å². The summed E-state index contributed by atoms with van der Waals surface area (Å²) in [5, 5.41) is 7.19. The zero-order valence-corrected chi connectivity index (χ0v) is 14.4. The predicted molar refractivity (Wildman–Crippen MR) is 94.1 cm³/mol. The molecule has 0 unspecified atom stereocenters. The summed E-state index contributed by atoms with van der Waals surface area (Å²) in [6.07, 6.45) is 2.24. The number of hydrogen-bond acceptors (Lipinski definition) is 6. The number of nitrogens with one attached hydrogen (secondary N) is 1. The minimum Gasteiger partial charge on any atom is -0.352 e. The number of anilines is 1. The van der Waals surface area contributed by atoms with Crippen molar-refractivity contribution in [3.05, 3.63) is 30.3 Å². The van der Waals surface area contributed by atoms with Gasteiger partial charge >= 0.3 is 0 Å². The van der Waals surface area contributed by atoms with Crippen LogP contribution in [0.3, 0.4) is 0 Å². The summed E-state index contributed by atoms with van der Waals surface area (Å²) in [6, 6.07) is 10.1. The first-order valence-electron chi connectivity index (χ1n) is 8.89. The molecule has 1 atom stereocenters. The third kappa shape index (κ3) is 3.66. The molecule has 7 nitrogen and oxygen atoms in total. The maximum absolute atomic E-state index is 12.2. The minimum absolute atomic E-state index is 0.0899. The van der Waals surface area contributed by atoms with Gasteiger partial charge in [-0.05, 0) is 37.1 Å². The first-order chi connectivity index (χ1) is 12.2. The molecule has 25 heavy (non-hydrogen) atoms. The summed E-state index contributed by atoms with van der Waals surface area (Å²) in [4.78, 5) is 21.0. The molecule has 2 fully saturated rings. The maximum Gasteiger partial charge on any atom is 0.266 e. The molecule has 2 aliphatic rings. The van der Waals surface area contributed by atoms with E-state index in [0.717, 1.165) is 44.6 Å². The Labute approximate surface area is 147 Å². The van der Waals surface area contributed by atoms with E-state index in [1.807, 2.05) is 37.3 Å². The van der Waals surface area contributed by atoms with E-state index in [1.165, 1.54) is 0 Å². The lowest BCUT2D eigenvalue weighted by Gasteiger charge is -2.36. The van der Waals surface area contributed by atoms with Crippen LogP contribution in [0.2, 0.25) is 0 Å². The number of benzene rings is 1. The highest BCUT2D eigenvalue weighted by atomic mass is 16.5. The summed E-state index contributed by atoms with van der Waals surface area (Å²) in [6.45, 7) is 5.18. The van der Waals surface area contributed by atoms with Crippen molar-refractivity contribution in [2.75, 3.05) is 31.1 Å². The molecule has 1 saturated heterocycles. The summed E-state index contributed by atoms with van der Waals surface area (Å²) in [5.74, 6) is 1.30. The zero-order valence-electron chi connectivity index (χ0n) is 14.4. The van der Waals surface area contributed by atoms with E-state index in [-0.39, 0.29) is 11.9 Å². The Morgan fingerprint density at radius 3 is 2.60 bits per heavy atom. The molecule has 1 amide bonds. The highest BCUT2D eigenvalue weighted by Gasteiger charge is 2.30. The van der Waals surface area contributed by atoms with Gasteiger partial charge in [-0.1, -0.05) is 18.2 Å². The van der Waals surface area contributed by atoms with Gasteiger partial charge in [0.1, 0.15) is 0 Å². The molecule has 7 heteroatoms. The fourth-order valence-corrected chi connectivity index (χ4v) is 3.07. The van der Waals surface area contributed by atoms with Crippen molar-refractivity contribution in [2.45, 2.75) is 31.8 Å². The smallest absolute Gasteiger partial charge is 0.266 e. The van der Waals surface area contributed by atoms with Gasteiger partial charge in [0.25, 0.3) is 11.8 Å². The molecule has 1 aromatic carbocycles. The highest BCUT2D eigenvalue weighted by Crippen LogP contribution is 2.22. The van der Waals surface area contributed by atoms with Gasteiger partial charge in [-0.2, -0.15) is 4.98 Å². The summed E-state index contributed by atoms with van der Waals surface area (Å²) in [5.41, 5.74) is 0.922. The Morgan fingerprint density at radius 2 is 1.92 bits per heavy atom. The molecule has 4 rings (SSSR count). The van der Waals surface area contributed by atoms with Gasteiger partial charge in [-0.3, -0.25) is 9.69 Å². The summed E-state index contributed by atoms with van der Waals surface area (Å²) < 4.78 is 5.39. The van der Waals surface area contributed by atoms with Crippen molar-refractivity contribution < 1.29 is 9.32 Å². The average molecular weight is 341 g/mol. The Balaban J connectivity index is 1.34. The number of carbonyl (C=O) groups excluding carboxylic acids is 1. The van der Waals surface area contributed by atoms with Crippen LogP contribution in [-0.4, -0.2) is 59.2 Å². The normalized spacial score (nSPS) is 19.6. The third-order valence-corrected chi connectivity index (χ3v) is 4.88. The van der Waals surface area contributed by atoms with E-state index in [1.54, 1.807) is 0 Å². The summed E-state index contributed by atoms with van der Waals surface area (Å²) >= 11 is 0. The molecule has 2 heterocycles. The van der Waals surface area contributed by atoms with Gasteiger partial charge in [0, 0.05) is 37.8 Å². The standard InChI is InChI=1S/C18H23N5O2/c1-13(16(24)19-15-7-8-15)22-9-11-23(12-10-22)18-20-17(25-21-18)14-5-3-2-4-6-14/h2-6,13,15H,7-12H2,1H3,(H,19,24)/t13-/m1/s1. The molecule has 2 aromatic rings. The molecular weight excluding hydrogens is 318 g/mol. The number of rotatable bonds is 5. The van der Waals surface area contributed by atoms with Gasteiger partial charge in [-0.25, -0.2) is 0 Å². The molecule has 1 aliphatic carbocycles. The van der Waals surface area contributed by atoms with Crippen LogP contribution < -0.4 is 10.2 Å². The van der Waals surface area contributed by atoms with Crippen molar-refractivity contribution in [1.29, 1.82) is 0 Å². The Morgan fingerprint density at radius 1 is 1.20 bits per heavy atom. The Hall–Kier alpha value is -2.41. The minimum atomic E-state index is -0.0899. The van der Waals surface area contributed by atoms with Gasteiger partial charge in [0.15, 0.2) is 0 Å². The molecule has 1 aromatic heterocycles. The number of carbonyl (C=O) groups is 1. The van der Waals surface area contributed by atoms with Crippen LogP contribution in [0.15, 0.2) is 34.9 Å². The molecule has 0 radical (unpaired) electrons. The van der Waals surface area contributed by atoms with Gasteiger partial charge in [0.2, 0.25) is 5.91 Å². The second kappa shape index (κ2) is 6.84. The number of hydrogen-bond donors (Lipinski definition) is 1. The molecule has 1 saturated carbocycles. The van der Waals surface area contributed by atoms with E-state index < -0.39 is 0 Å². The molecule has 132 valence electrons. The Bertz CT molecular complexity index is 720. The molecular formula is C18H23N5O2. The first-order valence-corrected chi connectivity index (χ1v) is 8.89. The fraction of sp³-hybridized carbons (Fsp3) is 0.500. The largest absolute Gasteiger partial charge is 0.352 e. The van der Waals surface area contributed by atoms with E-state index in [0.29, 0.717) is 17.9 Å². The summed E-state index contributed by atoms with van der Waals surface area (Å²) in [7, 11) is 0. The van der Waals surface area contributed by atoms with E-state index in [2.05, 4.69) is 25.3 Å². The average Bonchev–Trinajstić information content (AvgIpc) is 3.34. The van der Waals surface area contributed by atoms with Crippen LogP contribution in [0.5, 0.6) is 0 Å². The van der Waals surface area contributed by atoms with Gasteiger partial charge in [0.05, 0.1) is 6.04 Å². The number of amides is 1. The van der Waals surface area contributed by atoms with Crippen LogP contribution in [0.25, 0.3) is 11.5 Å². The van der Waals surface area contributed by atoms with Gasteiger partial charge in [-0.15, -0.1) is 0 Å². The van der Waals surface area contributed by atoms with Crippen LogP contribution in [0.4, 0.5) is 5.95 Å². The first kappa shape index (κ1) is 16.1. The van der Waals surface area contributed by atoms with Crippen molar-refractivity contribution in [1.82, 2.24) is 20.4 Å². The predicted octanol–water partition coefficient (Wildman–Crippen LogP) is 1.53. The van der Waals surface area contributed by atoms with Crippen LogP contribution in [-0.2, 0) is 4.79 Å². The van der Waals surface area contributed by atoms with E-state index in [4.69, 9.17) is 4.52 Å². The number of nitrogens with zero attached hydrogens (tertiary/aromatic N) is 4. The topological polar surface area (TPSA) is 74.5 Å². The molecule has 0 spiro atoms. The van der Waals surface area contributed by atoms with Crippen LogP contribution in [0, 0.1) is 0 Å². The van der Waals surface area contributed by atoms with Crippen molar-refractivity contribution >= 4 is 11.9 Å². The highest BCUT2D eigenvalue weighted by molar-refractivity contribution is 5.81. The second-order valence-corrected chi connectivity index (χ2v) is 6.75. The van der Waals surface area contributed by atoms with E-state index >= 15 is 0 Å².